The maximum absolute atomic E-state index is 12.9. The molecule has 1 N–H and O–H groups in total. The highest BCUT2D eigenvalue weighted by atomic mass is 32.2. The molecule has 1 saturated heterocycles. The van der Waals surface area contributed by atoms with Crippen LogP contribution >= 0.6 is 11.8 Å². The third kappa shape index (κ3) is 5.35. The minimum Gasteiger partial charge on any atom is -0.379 e. The number of nitrogens with one attached hydrogen (secondary N) is 1. The standard InChI is InChI=1S/C20H30N4O4S2/c1-4-24-18-6-5-16(30(26,27)23-9-11-28-12-10-23)13-17(18)22-20(24)29-14-19(25)21-8-7-15(2)3/h5-6,13,15H,4,7-12,14H2,1-3H3,(H,21,25). The Bertz CT molecular complexity index is 982. The van der Waals surface area contributed by atoms with E-state index < -0.39 is 10.0 Å². The first-order valence-electron chi connectivity index (χ1n) is 10.3. The lowest BCUT2D eigenvalue weighted by Gasteiger charge is -2.26. The predicted molar refractivity (Wildman–Crippen MR) is 118 cm³/mol. The monoisotopic (exact) mass is 454 g/mol. The summed E-state index contributed by atoms with van der Waals surface area (Å²) in [5.74, 6) is 0.802. The van der Waals surface area contributed by atoms with Crippen molar-refractivity contribution >= 4 is 38.7 Å². The van der Waals surface area contributed by atoms with Gasteiger partial charge in [0.25, 0.3) is 0 Å². The first-order chi connectivity index (χ1) is 14.3. The molecule has 3 rings (SSSR count). The van der Waals surface area contributed by atoms with Gasteiger partial charge >= 0.3 is 0 Å². The van der Waals surface area contributed by atoms with Gasteiger partial charge in [-0.25, -0.2) is 13.4 Å². The molecule has 1 aliphatic rings. The molecule has 166 valence electrons. The summed E-state index contributed by atoms with van der Waals surface area (Å²) >= 11 is 1.37. The molecule has 0 aliphatic carbocycles. The maximum atomic E-state index is 12.9. The maximum Gasteiger partial charge on any atom is 0.243 e. The van der Waals surface area contributed by atoms with Gasteiger partial charge in [-0.3, -0.25) is 4.79 Å². The van der Waals surface area contributed by atoms with E-state index in [9.17, 15) is 13.2 Å². The molecule has 0 saturated carbocycles. The molecule has 30 heavy (non-hydrogen) atoms. The van der Waals surface area contributed by atoms with Gasteiger partial charge < -0.3 is 14.6 Å². The van der Waals surface area contributed by atoms with E-state index in [1.807, 2.05) is 11.5 Å². The average molecular weight is 455 g/mol. The Morgan fingerprint density at radius 1 is 1.30 bits per heavy atom. The van der Waals surface area contributed by atoms with Crippen LogP contribution in [-0.4, -0.2) is 66.8 Å². The van der Waals surface area contributed by atoms with Crippen molar-refractivity contribution < 1.29 is 17.9 Å². The van der Waals surface area contributed by atoms with Crippen LogP contribution in [0.5, 0.6) is 0 Å². The Labute approximate surface area is 182 Å². The van der Waals surface area contributed by atoms with Gasteiger partial charge in [0.1, 0.15) is 0 Å². The van der Waals surface area contributed by atoms with Crippen LogP contribution in [0.4, 0.5) is 0 Å². The molecule has 0 bridgehead atoms. The zero-order valence-electron chi connectivity index (χ0n) is 17.8. The minimum atomic E-state index is -3.57. The van der Waals surface area contributed by atoms with Gasteiger partial charge in [0, 0.05) is 26.2 Å². The fraction of sp³-hybridized carbons (Fsp3) is 0.600. The van der Waals surface area contributed by atoms with Gasteiger partial charge in [0.05, 0.1) is 34.9 Å². The topological polar surface area (TPSA) is 93.5 Å². The smallest absolute Gasteiger partial charge is 0.243 e. The number of morpholine rings is 1. The van der Waals surface area contributed by atoms with E-state index in [4.69, 9.17) is 4.74 Å². The SMILES string of the molecule is CCn1c(SCC(=O)NCCC(C)C)nc2cc(S(=O)(=O)N3CCOCC3)ccc21. The van der Waals surface area contributed by atoms with Crippen LogP contribution in [0, 0.1) is 5.92 Å². The molecule has 1 aromatic heterocycles. The third-order valence-corrected chi connectivity index (χ3v) is 7.86. The summed E-state index contributed by atoms with van der Waals surface area (Å²) in [4.78, 5) is 17.0. The number of imidazole rings is 1. The first kappa shape index (κ1) is 23.1. The number of nitrogens with zero attached hydrogens (tertiary/aromatic N) is 3. The Balaban J connectivity index is 1.76. The minimum absolute atomic E-state index is 0.0223. The Morgan fingerprint density at radius 2 is 2.03 bits per heavy atom. The number of ether oxygens (including phenoxy) is 1. The van der Waals surface area contributed by atoms with Crippen molar-refractivity contribution in [3.05, 3.63) is 18.2 Å². The van der Waals surface area contributed by atoms with Gasteiger partial charge in [-0.15, -0.1) is 0 Å². The Kier molecular flexibility index (Phi) is 7.78. The molecular formula is C20H30N4O4S2. The number of thioether (sulfide) groups is 1. The summed E-state index contributed by atoms with van der Waals surface area (Å²) in [6.07, 6.45) is 0.949. The second-order valence-corrected chi connectivity index (χ2v) is 10.5. The summed E-state index contributed by atoms with van der Waals surface area (Å²) in [5.41, 5.74) is 1.48. The van der Waals surface area contributed by atoms with Crippen LogP contribution in [0.1, 0.15) is 27.2 Å². The number of carbonyl (C=O) groups is 1. The summed E-state index contributed by atoms with van der Waals surface area (Å²) in [5, 5.41) is 3.64. The van der Waals surface area contributed by atoms with E-state index in [-0.39, 0.29) is 16.6 Å². The number of sulfonamides is 1. The van der Waals surface area contributed by atoms with Crippen LogP contribution in [0.3, 0.4) is 0 Å². The number of aryl methyl sites for hydroxylation is 1. The second-order valence-electron chi connectivity index (χ2n) is 7.63. The van der Waals surface area contributed by atoms with Gasteiger partial charge in [-0.2, -0.15) is 4.31 Å². The molecule has 1 aliphatic heterocycles. The largest absolute Gasteiger partial charge is 0.379 e. The highest BCUT2D eigenvalue weighted by molar-refractivity contribution is 7.99. The Morgan fingerprint density at radius 3 is 2.70 bits per heavy atom. The summed E-state index contributed by atoms with van der Waals surface area (Å²) in [6, 6.07) is 5.05. The van der Waals surface area contributed by atoms with E-state index in [1.165, 1.54) is 16.1 Å². The molecular weight excluding hydrogens is 424 g/mol. The van der Waals surface area contributed by atoms with Crippen molar-refractivity contribution in [1.82, 2.24) is 19.2 Å². The van der Waals surface area contributed by atoms with Crippen molar-refractivity contribution in [2.24, 2.45) is 5.92 Å². The van der Waals surface area contributed by atoms with Gasteiger partial charge in [-0.1, -0.05) is 25.6 Å². The molecule has 0 spiro atoms. The molecule has 2 aromatic rings. The lowest BCUT2D eigenvalue weighted by atomic mass is 10.1. The molecule has 2 heterocycles. The highest BCUT2D eigenvalue weighted by Gasteiger charge is 2.27. The van der Waals surface area contributed by atoms with E-state index in [2.05, 4.69) is 24.1 Å². The first-order valence-corrected chi connectivity index (χ1v) is 12.7. The van der Waals surface area contributed by atoms with Crippen molar-refractivity contribution in [2.45, 2.75) is 43.8 Å². The molecule has 0 atom stereocenters. The van der Waals surface area contributed by atoms with E-state index in [1.54, 1.807) is 18.2 Å². The lowest BCUT2D eigenvalue weighted by Crippen LogP contribution is -2.40. The van der Waals surface area contributed by atoms with E-state index in [0.29, 0.717) is 56.0 Å². The fourth-order valence-corrected chi connectivity index (χ4v) is 5.62. The number of rotatable bonds is 9. The number of carbonyl (C=O) groups excluding carboxylic acids is 1. The van der Waals surface area contributed by atoms with E-state index in [0.717, 1.165) is 11.9 Å². The van der Waals surface area contributed by atoms with Crippen LogP contribution in [0.15, 0.2) is 28.3 Å². The summed E-state index contributed by atoms with van der Waals surface area (Å²) < 4.78 is 34.6. The predicted octanol–water partition coefficient (Wildman–Crippen LogP) is 2.33. The quantitative estimate of drug-likeness (QED) is 0.585. The van der Waals surface area contributed by atoms with Crippen molar-refractivity contribution in [3.63, 3.8) is 0 Å². The van der Waals surface area contributed by atoms with Crippen molar-refractivity contribution in [3.8, 4) is 0 Å². The lowest BCUT2D eigenvalue weighted by molar-refractivity contribution is -0.118. The van der Waals surface area contributed by atoms with Crippen LogP contribution in [-0.2, 0) is 26.1 Å². The van der Waals surface area contributed by atoms with Crippen LogP contribution < -0.4 is 5.32 Å². The number of hydrogen-bond donors (Lipinski definition) is 1. The molecule has 8 nitrogen and oxygen atoms in total. The molecule has 1 fully saturated rings. The normalized spacial score (nSPS) is 15.7. The summed E-state index contributed by atoms with van der Waals surface area (Å²) in [6.45, 7) is 9.14. The molecule has 1 amide bonds. The van der Waals surface area contributed by atoms with Crippen molar-refractivity contribution in [1.29, 1.82) is 0 Å². The van der Waals surface area contributed by atoms with Gasteiger partial charge in [0.15, 0.2) is 5.16 Å². The second kappa shape index (κ2) is 10.1. The molecule has 0 unspecified atom stereocenters. The van der Waals surface area contributed by atoms with Crippen LogP contribution in [0.2, 0.25) is 0 Å². The van der Waals surface area contributed by atoms with Gasteiger partial charge in [0.2, 0.25) is 15.9 Å². The fourth-order valence-electron chi connectivity index (χ4n) is 3.28. The summed E-state index contributed by atoms with van der Waals surface area (Å²) in [7, 11) is -3.57. The number of fused-ring (bicyclic) bond motifs is 1. The number of aromatic nitrogens is 2. The molecule has 0 radical (unpaired) electrons. The molecule has 10 heteroatoms. The Hall–Kier alpha value is -1.62. The molecule has 1 aromatic carbocycles. The van der Waals surface area contributed by atoms with Crippen LogP contribution in [0.25, 0.3) is 11.0 Å². The number of hydrogen-bond acceptors (Lipinski definition) is 6. The zero-order chi connectivity index (χ0) is 21.7. The number of amides is 1. The van der Waals surface area contributed by atoms with Gasteiger partial charge in [-0.05, 0) is 37.5 Å². The third-order valence-electron chi connectivity index (χ3n) is 4.98. The van der Waals surface area contributed by atoms with E-state index >= 15 is 0 Å². The highest BCUT2D eigenvalue weighted by Crippen LogP contribution is 2.27. The number of benzene rings is 1. The van der Waals surface area contributed by atoms with Crippen molar-refractivity contribution in [2.75, 3.05) is 38.6 Å². The average Bonchev–Trinajstić information content (AvgIpc) is 3.09. The zero-order valence-corrected chi connectivity index (χ0v) is 19.4.